The molecule has 0 bridgehead atoms. The van der Waals surface area contributed by atoms with Crippen molar-refractivity contribution in [3.63, 3.8) is 0 Å². The van der Waals surface area contributed by atoms with Crippen molar-refractivity contribution < 1.29 is 19.4 Å². The Kier molecular flexibility index (Phi) is 8.56. The monoisotopic (exact) mass is 544 g/mol. The van der Waals surface area contributed by atoms with E-state index in [1.165, 1.54) is 60.2 Å². The van der Waals surface area contributed by atoms with Gasteiger partial charge in [-0.1, -0.05) is 48.9 Å². The average Bonchev–Trinajstić information content (AvgIpc) is 3.39. The van der Waals surface area contributed by atoms with Crippen LogP contribution < -0.4 is 0 Å². The maximum absolute atomic E-state index is 13.9. The van der Waals surface area contributed by atoms with Crippen LogP contribution in [0.15, 0.2) is 54.3 Å². The van der Waals surface area contributed by atoms with Crippen molar-refractivity contribution in [2.75, 3.05) is 39.4 Å². The standard InChI is InChI=1S/C34H44N2O4/c1-2-39-34-29(14-9-21-37)31(28-13-8-12-27-26-11-5-4-10-24(26)22-30(27)28)23-32(40-34)33(38)36-19-15-25(16-20-36)35-17-6-3-7-18-35/h4-5,8,10-13,23,25,29,31,34,37H,2-3,6-7,9,14-22H2,1H3/t29-,31+,34+/m1/s1. The highest BCUT2D eigenvalue weighted by Gasteiger charge is 2.41. The van der Waals surface area contributed by atoms with Crippen molar-refractivity contribution in [2.24, 2.45) is 5.92 Å². The van der Waals surface area contributed by atoms with E-state index in [2.05, 4.69) is 53.4 Å². The van der Waals surface area contributed by atoms with Crippen LogP contribution in [0.1, 0.15) is 74.5 Å². The number of hydrogen-bond donors (Lipinski definition) is 1. The molecule has 214 valence electrons. The van der Waals surface area contributed by atoms with Crippen LogP contribution in [0.2, 0.25) is 0 Å². The second-order valence-corrected chi connectivity index (χ2v) is 11.9. The number of hydrogen-bond acceptors (Lipinski definition) is 5. The van der Waals surface area contributed by atoms with Crippen LogP contribution in [0, 0.1) is 5.92 Å². The molecule has 2 saturated heterocycles. The highest BCUT2D eigenvalue weighted by atomic mass is 16.7. The molecule has 6 nitrogen and oxygen atoms in total. The predicted molar refractivity (Wildman–Crippen MR) is 157 cm³/mol. The number of amides is 1. The number of rotatable bonds is 8. The Hall–Kier alpha value is -2.67. The largest absolute Gasteiger partial charge is 0.459 e. The van der Waals surface area contributed by atoms with E-state index in [4.69, 9.17) is 9.47 Å². The van der Waals surface area contributed by atoms with E-state index in [1.807, 2.05) is 11.8 Å². The van der Waals surface area contributed by atoms with Crippen LogP contribution in [0.4, 0.5) is 0 Å². The molecule has 0 spiro atoms. The summed E-state index contributed by atoms with van der Waals surface area (Å²) in [6, 6.07) is 15.8. The lowest BCUT2D eigenvalue weighted by Crippen LogP contribution is -2.49. The minimum absolute atomic E-state index is 0.0109. The molecule has 1 aliphatic carbocycles. The Morgan fingerprint density at radius 2 is 1.77 bits per heavy atom. The number of benzene rings is 2. The van der Waals surface area contributed by atoms with Crippen molar-refractivity contribution in [3.05, 3.63) is 71.0 Å². The number of carbonyl (C=O) groups is 1. The summed E-state index contributed by atoms with van der Waals surface area (Å²) in [5.41, 5.74) is 6.53. The minimum atomic E-state index is -0.518. The van der Waals surface area contributed by atoms with Gasteiger partial charge in [-0.15, -0.1) is 0 Å². The average molecular weight is 545 g/mol. The van der Waals surface area contributed by atoms with E-state index < -0.39 is 6.29 Å². The maximum Gasteiger partial charge on any atom is 0.288 e. The molecule has 4 aliphatic rings. The summed E-state index contributed by atoms with van der Waals surface area (Å²) in [5, 5.41) is 9.71. The summed E-state index contributed by atoms with van der Waals surface area (Å²) in [6.07, 6.45) is 9.89. The smallest absolute Gasteiger partial charge is 0.288 e. The first-order valence-electron chi connectivity index (χ1n) is 15.5. The van der Waals surface area contributed by atoms with E-state index in [1.54, 1.807) is 0 Å². The summed E-state index contributed by atoms with van der Waals surface area (Å²) >= 11 is 0. The molecular weight excluding hydrogens is 500 g/mol. The molecule has 3 atom stereocenters. The second-order valence-electron chi connectivity index (χ2n) is 11.9. The van der Waals surface area contributed by atoms with E-state index in [0.29, 0.717) is 24.8 Å². The van der Waals surface area contributed by atoms with Crippen LogP contribution in [-0.2, 0) is 20.7 Å². The third kappa shape index (κ3) is 5.46. The Morgan fingerprint density at radius 1 is 1.00 bits per heavy atom. The number of likely N-dealkylation sites (tertiary alicyclic amines) is 2. The molecule has 1 N–H and O–H groups in total. The molecule has 2 fully saturated rings. The fraction of sp³-hybridized carbons (Fsp3) is 0.559. The van der Waals surface area contributed by atoms with E-state index >= 15 is 0 Å². The van der Waals surface area contributed by atoms with Crippen LogP contribution in [0.5, 0.6) is 0 Å². The summed E-state index contributed by atoms with van der Waals surface area (Å²) < 4.78 is 12.6. The number of ether oxygens (including phenoxy) is 2. The number of aliphatic hydroxyl groups excluding tert-OH is 1. The minimum Gasteiger partial charge on any atom is -0.459 e. The quantitative estimate of drug-likeness (QED) is 0.407. The van der Waals surface area contributed by atoms with Gasteiger partial charge in [-0.2, -0.15) is 0 Å². The van der Waals surface area contributed by atoms with Crippen molar-refractivity contribution in [1.29, 1.82) is 0 Å². The molecule has 6 heteroatoms. The molecular formula is C34H44N2O4. The molecule has 2 aromatic rings. The third-order valence-electron chi connectivity index (χ3n) is 9.53. The molecule has 6 rings (SSSR count). The van der Waals surface area contributed by atoms with Gasteiger partial charge in [0.25, 0.3) is 5.91 Å². The van der Waals surface area contributed by atoms with Crippen molar-refractivity contribution in [2.45, 2.75) is 76.5 Å². The number of nitrogens with zero attached hydrogens (tertiary/aromatic N) is 2. The van der Waals surface area contributed by atoms with Crippen molar-refractivity contribution in [3.8, 4) is 11.1 Å². The van der Waals surface area contributed by atoms with Gasteiger partial charge in [-0.25, -0.2) is 0 Å². The van der Waals surface area contributed by atoms with Gasteiger partial charge in [0.05, 0.1) is 0 Å². The zero-order chi connectivity index (χ0) is 27.5. The van der Waals surface area contributed by atoms with E-state index in [-0.39, 0.29) is 24.3 Å². The molecule has 1 amide bonds. The maximum atomic E-state index is 13.9. The van der Waals surface area contributed by atoms with E-state index in [9.17, 15) is 9.90 Å². The fourth-order valence-corrected chi connectivity index (χ4v) is 7.48. The predicted octanol–water partition coefficient (Wildman–Crippen LogP) is 5.48. The Bertz CT molecular complexity index is 1210. The Morgan fingerprint density at radius 3 is 2.55 bits per heavy atom. The molecule has 3 heterocycles. The van der Waals surface area contributed by atoms with Gasteiger partial charge in [0.15, 0.2) is 5.76 Å². The van der Waals surface area contributed by atoms with Gasteiger partial charge in [0, 0.05) is 44.2 Å². The number of carbonyl (C=O) groups excluding carboxylic acids is 1. The normalized spacial score (nSPS) is 25.2. The topological polar surface area (TPSA) is 62.2 Å². The van der Waals surface area contributed by atoms with Gasteiger partial charge in [0.1, 0.15) is 0 Å². The lowest BCUT2D eigenvalue weighted by atomic mass is 9.78. The SMILES string of the molecule is CCO[C@H]1OC(C(=O)N2CCC(N3CCCCC3)CC2)=C[C@@H](c2cccc3c2Cc2ccccc2-3)[C@H]1CCCO. The zero-order valence-electron chi connectivity index (χ0n) is 23.9. The molecule has 0 radical (unpaired) electrons. The van der Waals surface area contributed by atoms with Gasteiger partial charge < -0.3 is 24.4 Å². The van der Waals surface area contributed by atoms with Crippen molar-refractivity contribution in [1.82, 2.24) is 9.80 Å². The van der Waals surface area contributed by atoms with Crippen LogP contribution in [0.25, 0.3) is 11.1 Å². The lowest BCUT2D eigenvalue weighted by molar-refractivity contribution is -0.171. The summed E-state index contributed by atoms with van der Waals surface area (Å²) in [4.78, 5) is 18.6. The number of aliphatic hydroxyl groups is 1. The number of fused-ring (bicyclic) bond motifs is 3. The molecule has 2 aromatic carbocycles. The molecule has 0 aromatic heterocycles. The van der Waals surface area contributed by atoms with E-state index in [0.717, 1.165) is 38.8 Å². The van der Waals surface area contributed by atoms with Crippen LogP contribution >= 0.6 is 0 Å². The Balaban J connectivity index is 1.28. The van der Waals surface area contributed by atoms with Crippen LogP contribution in [0.3, 0.4) is 0 Å². The first-order chi connectivity index (χ1) is 19.7. The highest BCUT2D eigenvalue weighted by molar-refractivity contribution is 5.92. The fourth-order valence-electron chi connectivity index (χ4n) is 7.48. The Labute approximate surface area is 239 Å². The van der Waals surface area contributed by atoms with Crippen molar-refractivity contribution >= 4 is 5.91 Å². The lowest BCUT2D eigenvalue weighted by Gasteiger charge is -2.42. The first kappa shape index (κ1) is 27.5. The third-order valence-corrected chi connectivity index (χ3v) is 9.53. The molecule has 0 unspecified atom stereocenters. The zero-order valence-corrected chi connectivity index (χ0v) is 23.9. The van der Waals surface area contributed by atoms with Gasteiger partial charge in [-0.3, -0.25) is 4.79 Å². The van der Waals surface area contributed by atoms with Gasteiger partial charge in [0.2, 0.25) is 6.29 Å². The number of piperidine rings is 2. The van der Waals surface area contributed by atoms with Gasteiger partial charge in [-0.05, 0) is 98.9 Å². The summed E-state index contributed by atoms with van der Waals surface area (Å²) in [7, 11) is 0. The highest BCUT2D eigenvalue weighted by Crippen LogP contribution is 2.46. The number of allylic oxidation sites excluding steroid dienone is 1. The first-order valence-corrected chi connectivity index (χ1v) is 15.5. The molecule has 0 saturated carbocycles. The summed E-state index contributed by atoms with van der Waals surface area (Å²) in [6.45, 7) is 6.55. The molecule has 3 aliphatic heterocycles. The summed E-state index contributed by atoms with van der Waals surface area (Å²) in [5.74, 6) is 0.408. The molecule has 40 heavy (non-hydrogen) atoms. The second kappa shape index (κ2) is 12.5. The van der Waals surface area contributed by atoms with Crippen LogP contribution in [-0.4, -0.2) is 72.5 Å². The van der Waals surface area contributed by atoms with Gasteiger partial charge >= 0.3 is 0 Å².